The largest absolute Gasteiger partial charge is 0.400 e. The Hall–Kier alpha value is -2.39. The Morgan fingerprint density at radius 2 is 2.08 bits per heavy atom. The van der Waals surface area contributed by atoms with Crippen LogP contribution in [0, 0.1) is 0 Å². The summed E-state index contributed by atoms with van der Waals surface area (Å²) in [6.45, 7) is 1.42. The number of nitrogens with zero attached hydrogens (tertiary/aromatic N) is 3. The first kappa shape index (κ1) is 17.4. The predicted octanol–water partition coefficient (Wildman–Crippen LogP) is 4.03. The lowest BCUT2D eigenvalue weighted by molar-refractivity contribution is -0.114. The summed E-state index contributed by atoms with van der Waals surface area (Å²) in [7, 11) is 0. The number of benzene rings is 1. The third kappa shape index (κ3) is 4.37. The van der Waals surface area contributed by atoms with E-state index in [1.807, 2.05) is 12.1 Å². The van der Waals surface area contributed by atoms with Gasteiger partial charge < -0.3 is 9.84 Å². The highest BCUT2D eigenvalue weighted by Crippen LogP contribution is 2.32. The Labute approximate surface area is 149 Å². The monoisotopic (exact) mass is 384 g/mol. The van der Waals surface area contributed by atoms with Gasteiger partial charge in [-0.05, 0) is 17.2 Å². The molecule has 0 saturated carbocycles. The summed E-state index contributed by atoms with van der Waals surface area (Å²) in [6, 6.07) is 7.04. The van der Waals surface area contributed by atoms with Gasteiger partial charge in [0.15, 0.2) is 5.13 Å². The van der Waals surface area contributed by atoms with Crippen LogP contribution in [-0.2, 0) is 16.6 Å². The van der Waals surface area contributed by atoms with Gasteiger partial charge in [-0.1, -0.05) is 29.4 Å². The number of hydrogen-bond acceptors (Lipinski definition) is 6. The molecule has 25 heavy (non-hydrogen) atoms. The molecule has 0 atom stereocenters. The highest BCUT2D eigenvalue weighted by Gasteiger charge is 2.35. The highest BCUT2D eigenvalue weighted by atomic mass is 35.5. The van der Waals surface area contributed by atoms with Crippen LogP contribution in [0.15, 0.2) is 35.0 Å². The van der Waals surface area contributed by atoms with Crippen LogP contribution in [0.2, 0.25) is 0 Å². The van der Waals surface area contributed by atoms with E-state index in [9.17, 15) is 13.6 Å². The van der Waals surface area contributed by atoms with Crippen molar-refractivity contribution in [2.75, 3.05) is 5.32 Å². The number of amides is 1. The molecule has 0 spiro atoms. The molecule has 0 aliphatic heterocycles. The zero-order valence-electron chi connectivity index (χ0n) is 12.8. The van der Waals surface area contributed by atoms with Crippen molar-refractivity contribution in [1.82, 2.24) is 15.1 Å². The zero-order chi connectivity index (χ0) is 18.0. The van der Waals surface area contributed by atoms with Gasteiger partial charge in [0, 0.05) is 30.0 Å². The smallest absolute Gasteiger partial charge is 0.331 e. The minimum absolute atomic E-state index is 0.0348. The molecule has 2 heterocycles. The summed E-state index contributed by atoms with van der Waals surface area (Å²) < 4.78 is 30.3. The van der Waals surface area contributed by atoms with Gasteiger partial charge in [-0.3, -0.25) is 4.79 Å². The van der Waals surface area contributed by atoms with E-state index in [0.717, 1.165) is 10.4 Å². The Kier molecular flexibility index (Phi) is 4.78. The van der Waals surface area contributed by atoms with Gasteiger partial charge in [0.05, 0.1) is 0 Å². The summed E-state index contributed by atoms with van der Waals surface area (Å²) in [5.41, 5.74) is 1.51. The molecule has 10 heteroatoms. The lowest BCUT2D eigenvalue weighted by Gasteiger charge is -2.00. The van der Waals surface area contributed by atoms with Crippen LogP contribution in [-0.4, -0.2) is 21.0 Å². The number of halogens is 3. The maximum Gasteiger partial charge on any atom is 0.400 e. The van der Waals surface area contributed by atoms with Gasteiger partial charge in [-0.15, -0.1) is 11.3 Å². The van der Waals surface area contributed by atoms with Crippen molar-refractivity contribution in [3.05, 3.63) is 46.8 Å². The van der Waals surface area contributed by atoms with E-state index in [4.69, 9.17) is 11.6 Å². The molecule has 3 aromatic rings. The van der Waals surface area contributed by atoms with Crippen molar-refractivity contribution < 1.29 is 18.1 Å². The Morgan fingerprint density at radius 3 is 2.68 bits per heavy atom. The quantitative estimate of drug-likeness (QED) is 0.672. The normalized spacial score (nSPS) is 11.5. The molecule has 2 aromatic heterocycles. The van der Waals surface area contributed by atoms with Gasteiger partial charge in [-0.25, -0.2) is 4.98 Å². The highest BCUT2D eigenvalue weighted by molar-refractivity contribution is 7.15. The predicted molar refractivity (Wildman–Crippen MR) is 88.7 cm³/mol. The standard InChI is InChI=1S/C15H11ClF2N4O2S/c1-8(23)20-14-19-7-11(25-14)6-9-2-4-10(5-3-9)12-21-13(24-22-12)15(16,17)18/h2-5,7H,6H2,1H3,(H,19,20,23). The second kappa shape index (κ2) is 6.85. The van der Waals surface area contributed by atoms with Crippen LogP contribution in [0.5, 0.6) is 0 Å². The third-order valence-corrected chi connectivity index (χ3v) is 4.17. The minimum Gasteiger partial charge on any atom is -0.331 e. The fraction of sp³-hybridized carbons (Fsp3) is 0.200. The number of hydrogen-bond donors (Lipinski definition) is 1. The maximum absolute atomic E-state index is 12.9. The number of carbonyl (C=O) groups is 1. The number of anilines is 1. The average Bonchev–Trinajstić information content (AvgIpc) is 3.17. The molecule has 6 nitrogen and oxygen atoms in total. The van der Waals surface area contributed by atoms with Crippen LogP contribution in [0.1, 0.15) is 23.3 Å². The molecular weight excluding hydrogens is 374 g/mol. The van der Waals surface area contributed by atoms with Crippen molar-refractivity contribution in [3.8, 4) is 11.4 Å². The zero-order valence-corrected chi connectivity index (χ0v) is 14.4. The van der Waals surface area contributed by atoms with Crippen LogP contribution in [0.3, 0.4) is 0 Å². The SMILES string of the molecule is CC(=O)Nc1ncc(Cc2ccc(-c3noc(C(F)(F)Cl)n3)cc2)s1. The summed E-state index contributed by atoms with van der Waals surface area (Å²) >= 11 is 6.23. The molecule has 1 aromatic carbocycles. The number of rotatable bonds is 5. The fourth-order valence-corrected chi connectivity index (χ4v) is 3.00. The lowest BCUT2D eigenvalue weighted by atomic mass is 10.1. The molecule has 0 aliphatic rings. The van der Waals surface area contributed by atoms with Crippen molar-refractivity contribution in [2.24, 2.45) is 0 Å². The summed E-state index contributed by atoms with van der Waals surface area (Å²) in [5, 5.41) is 2.97. The Bertz CT molecular complexity index is 890. The number of alkyl halides is 3. The molecule has 0 aliphatic carbocycles. The fourth-order valence-electron chi connectivity index (χ4n) is 2.03. The molecule has 3 rings (SSSR count). The molecule has 0 saturated heterocycles. The number of carbonyl (C=O) groups excluding carboxylic acids is 1. The van der Waals surface area contributed by atoms with E-state index in [0.29, 0.717) is 17.1 Å². The Balaban J connectivity index is 1.71. The van der Waals surface area contributed by atoms with E-state index in [1.54, 1.807) is 18.3 Å². The van der Waals surface area contributed by atoms with Gasteiger partial charge in [0.2, 0.25) is 11.7 Å². The molecule has 1 amide bonds. The van der Waals surface area contributed by atoms with Gasteiger partial charge in [-0.2, -0.15) is 13.8 Å². The molecule has 130 valence electrons. The van der Waals surface area contributed by atoms with E-state index in [-0.39, 0.29) is 11.7 Å². The van der Waals surface area contributed by atoms with Gasteiger partial charge in [0.1, 0.15) is 0 Å². The molecule has 0 bridgehead atoms. The molecule has 0 radical (unpaired) electrons. The van der Waals surface area contributed by atoms with Gasteiger partial charge >= 0.3 is 11.3 Å². The summed E-state index contributed by atoms with van der Waals surface area (Å²) in [4.78, 5) is 19.7. The van der Waals surface area contributed by atoms with Crippen LogP contribution in [0.4, 0.5) is 13.9 Å². The lowest BCUT2D eigenvalue weighted by Crippen LogP contribution is -2.04. The number of aromatic nitrogens is 3. The third-order valence-electron chi connectivity index (χ3n) is 3.10. The first-order valence-electron chi connectivity index (χ1n) is 7.04. The molecular formula is C15H11ClF2N4O2S. The summed E-state index contributed by atoms with van der Waals surface area (Å²) in [5.74, 6) is -1.08. The van der Waals surface area contributed by atoms with Crippen molar-refractivity contribution >= 4 is 34.0 Å². The molecule has 0 unspecified atom stereocenters. The minimum atomic E-state index is -3.69. The van der Waals surface area contributed by atoms with E-state index in [2.05, 4.69) is 25.0 Å². The van der Waals surface area contributed by atoms with E-state index < -0.39 is 11.3 Å². The van der Waals surface area contributed by atoms with Crippen LogP contribution < -0.4 is 5.32 Å². The van der Waals surface area contributed by atoms with Gasteiger partial charge in [0.25, 0.3) is 0 Å². The topological polar surface area (TPSA) is 80.9 Å². The molecule has 0 fully saturated rings. The van der Waals surface area contributed by atoms with E-state index in [1.165, 1.54) is 18.3 Å². The van der Waals surface area contributed by atoms with E-state index >= 15 is 0 Å². The summed E-state index contributed by atoms with van der Waals surface area (Å²) in [6.07, 6.45) is 2.31. The van der Waals surface area contributed by atoms with Crippen LogP contribution >= 0.6 is 22.9 Å². The second-order valence-corrected chi connectivity index (χ2v) is 6.70. The van der Waals surface area contributed by atoms with Crippen molar-refractivity contribution in [3.63, 3.8) is 0 Å². The number of thiazole rings is 1. The number of nitrogens with one attached hydrogen (secondary N) is 1. The Morgan fingerprint density at radius 1 is 1.36 bits per heavy atom. The first-order valence-corrected chi connectivity index (χ1v) is 8.23. The molecule has 1 N–H and O–H groups in total. The maximum atomic E-state index is 12.9. The first-order chi connectivity index (χ1) is 11.8. The van der Waals surface area contributed by atoms with Crippen LogP contribution in [0.25, 0.3) is 11.4 Å². The second-order valence-electron chi connectivity index (χ2n) is 5.11. The van der Waals surface area contributed by atoms with Crippen molar-refractivity contribution in [1.29, 1.82) is 0 Å². The average molecular weight is 385 g/mol. The van der Waals surface area contributed by atoms with Crippen molar-refractivity contribution in [2.45, 2.75) is 18.7 Å².